The van der Waals surface area contributed by atoms with Crippen molar-refractivity contribution in [3.05, 3.63) is 12.3 Å². The Hall–Kier alpha value is -0.790. The topological polar surface area (TPSA) is 26.3 Å². The van der Waals surface area contributed by atoms with Gasteiger partial charge in [-0.15, -0.1) is 0 Å². The van der Waals surface area contributed by atoms with E-state index in [2.05, 4.69) is 4.74 Å². The first-order chi connectivity index (χ1) is 3.77. The number of carbonyl (C=O) groups excluding carboxylic acids is 1. The minimum atomic E-state index is 0.420. The Labute approximate surface area is 49.1 Å². The lowest BCUT2D eigenvalue weighted by Crippen LogP contribution is -1.79. The number of rotatable bonds is 3. The molecular weight excluding hydrogens is 104 g/mol. The maximum absolute atomic E-state index is 9.39. The van der Waals surface area contributed by atoms with Crippen LogP contribution in [0, 0.1) is 5.92 Å². The second-order valence-electron chi connectivity index (χ2n) is 1.77. The normalized spacial score (nSPS) is 10.4. The van der Waals surface area contributed by atoms with Gasteiger partial charge < -0.3 is 4.74 Å². The van der Waals surface area contributed by atoms with E-state index in [4.69, 9.17) is 0 Å². The van der Waals surface area contributed by atoms with Crippen LogP contribution in [0.5, 0.6) is 0 Å². The van der Waals surface area contributed by atoms with Crippen LogP contribution in [0.15, 0.2) is 12.3 Å². The van der Waals surface area contributed by atoms with E-state index in [9.17, 15) is 4.79 Å². The van der Waals surface area contributed by atoms with Crippen molar-refractivity contribution in [2.75, 3.05) is 0 Å². The molecule has 0 aliphatic heterocycles. The van der Waals surface area contributed by atoms with Crippen LogP contribution in [-0.2, 0) is 9.53 Å². The average molecular weight is 113 g/mol. The highest BCUT2D eigenvalue weighted by Crippen LogP contribution is 1.91. The van der Waals surface area contributed by atoms with E-state index in [1.807, 2.05) is 13.8 Å². The molecule has 0 unspecified atom stereocenters. The lowest BCUT2D eigenvalue weighted by atomic mass is 10.2. The molecule has 0 saturated heterocycles. The van der Waals surface area contributed by atoms with Gasteiger partial charge in [0, 0.05) is 0 Å². The third kappa shape index (κ3) is 5.21. The first-order valence-electron chi connectivity index (χ1n) is 2.47. The van der Waals surface area contributed by atoms with Gasteiger partial charge in [0.2, 0.25) is 0 Å². The molecule has 0 rings (SSSR count). The highest BCUT2D eigenvalue weighted by Gasteiger charge is 1.80. The zero-order chi connectivity index (χ0) is 6.41. The van der Waals surface area contributed by atoms with Crippen molar-refractivity contribution in [2.45, 2.75) is 13.8 Å². The molecule has 0 aliphatic carbocycles. The van der Waals surface area contributed by atoms with Crippen LogP contribution in [0.4, 0.5) is 0 Å². The average Bonchev–Trinajstić information content (AvgIpc) is 1.66. The third-order valence-electron chi connectivity index (χ3n) is 0.580. The predicted molar refractivity (Wildman–Crippen MR) is 30.8 cm³/mol. The van der Waals surface area contributed by atoms with Crippen molar-refractivity contribution < 1.29 is 9.53 Å². The highest BCUT2D eigenvalue weighted by atomic mass is 16.5. The number of hydrogen-bond acceptors (Lipinski definition) is 2. The summed E-state index contributed by atoms with van der Waals surface area (Å²) in [5.74, 6) is 0.420. The molecule has 0 bridgehead atoms. The van der Waals surface area contributed by atoms with Crippen molar-refractivity contribution in [2.24, 2.45) is 5.92 Å². The lowest BCUT2D eigenvalue weighted by molar-refractivity contribution is 0.395. The van der Waals surface area contributed by atoms with Crippen LogP contribution >= 0.6 is 0 Å². The second kappa shape index (κ2) is 4.37. The summed E-state index contributed by atoms with van der Waals surface area (Å²) in [6, 6.07) is 0. The summed E-state index contributed by atoms with van der Waals surface area (Å²) < 4.78 is 4.16. The summed E-state index contributed by atoms with van der Waals surface area (Å²) in [4.78, 5) is 9.39. The minimum absolute atomic E-state index is 0.420. The standard InChI is InChI=1S/C6H9O2/c1-6(2)3-4-8-5-7/h3-4,6H,1-2H3. The van der Waals surface area contributed by atoms with Crippen LogP contribution in [0.3, 0.4) is 0 Å². The van der Waals surface area contributed by atoms with Crippen LogP contribution in [0.25, 0.3) is 0 Å². The van der Waals surface area contributed by atoms with Crippen LogP contribution in [-0.4, -0.2) is 6.47 Å². The predicted octanol–water partition coefficient (Wildman–Crippen LogP) is 1.24. The van der Waals surface area contributed by atoms with Gasteiger partial charge in [-0.3, -0.25) is 0 Å². The summed E-state index contributed by atoms with van der Waals surface area (Å²) in [5.41, 5.74) is 0. The van der Waals surface area contributed by atoms with Crippen molar-refractivity contribution in [3.8, 4) is 0 Å². The molecule has 0 amide bonds. The molecule has 0 aliphatic rings. The highest BCUT2D eigenvalue weighted by molar-refractivity contribution is 5.39. The number of ether oxygens (including phenoxy) is 1. The van der Waals surface area contributed by atoms with E-state index >= 15 is 0 Å². The summed E-state index contributed by atoms with van der Waals surface area (Å²) in [7, 11) is 0. The molecule has 0 aromatic heterocycles. The largest absolute Gasteiger partial charge is 0.426 e. The molecule has 0 saturated carbocycles. The first kappa shape index (κ1) is 7.21. The molecule has 0 heterocycles. The fraction of sp³-hybridized carbons (Fsp3) is 0.500. The monoisotopic (exact) mass is 113 g/mol. The minimum Gasteiger partial charge on any atom is -0.426 e. The van der Waals surface area contributed by atoms with Gasteiger partial charge in [-0.25, -0.2) is 4.79 Å². The second-order valence-corrected chi connectivity index (χ2v) is 1.77. The Morgan fingerprint density at radius 3 is 2.62 bits per heavy atom. The summed E-state index contributed by atoms with van der Waals surface area (Å²) >= 11 is 0. The molecule has 0 aromatic rings. The molecule has 0 spiro atoms. The van der Waals surface area contributed by atoms with Crippen molar-refractivity contribution >= 4 is 6.47 Å². The van der Waals surface area contributed by atoms with Crippen LogP contribution < -0.4 is 0 Å². The molecule has 0 atom stereocenters. The Morgan fingerprint density at radius 1 is 1.62 bits per heavy atom. The Morgan fingerprint density at radius 2 is 2.25 bits per heavy atom. The van der Waals surface area contributed by atoms with Gasteiger partial charge in [-0.1, -0.05) is 13.8 Å². The summed E-state index contributed by atoms with van der Waals surface area (Å²) in [6.07, 6.45) is 3.10. The zero-order valence-electron chi connectivity index (χ0n) is 5.05. The van der Waals surface area contributed by atoms with Gasteiger partial charge >= 0.3 is 6.47 Å². The van der Waals surface area contributed by atoms with Gasteiger partial charge in [0.25, 0.3) is 0 Å². The molecule has 45 valence electrons. The van der Waals surface area contributed by atoms with E-state index in [-0.39, 0.29) is 0 Å². The quantitative estimate of drug-likeness (QED) is 0.515. The van der Waals surface area contributed by atoms with Crippen molar-refractivity contribution in [1.82, 2.24) is 0 Å². The van der Waals surface area contributed by atoms with Gasteiger partial charge in [0.05, 0.1) is 6.26 Å². The first-order valence-corrected chi connectivity index (χ1v) is 2.47. The van der Waals surface area contributed by atoms with Crippen molar-refractivity contribution in [3.63, 3.8) is 0 Å². The molecule has 8 heavy (non-hydrogen) atoms. The maximum Gasteiger partial charge on any atom is 0.422 e. The zero-order valence-corrected chi connectivity index (χ0v) is 5.05. The smallest absolute Gasteiger partial charge is 0.422 e. The number of allylic oxidation sites excluding steroid dienone is 1. The van der Waals surface area contributed by atoms with E-state index < -0.39 is 0 Å². The maximum atomic E-state index is 9.39. The Kier molecular flexibility index (Phi) is 3.94. The van der Waals surface area contributed by atoms with Crippen LogP contribution in [0.1, 0.15) is 13.8 Å². The Bertz CT molecular complexity index is 84.5. The van der Waals surface area contributed by atoms with Gasteiger partial charge in [0.15, 0.2) is 0 Å². The Balaban J connectivity index is 3.19. The molecule has 0 fully saturated rings. The molecule has 1 radical (unpaired) electrons. The molecule has 2 heteroatoms. The molecule has 0 aromatic carbocycles. The molecular formula is C6H9O2. The van der Waals surface area contributed by atoms with E-state index in [0.29, 0.717) is 5.92 Å². The van der Waals surface area contributed by atoms with Gasteiger partial charge in [-0.2, -0.15) is 0 Å². The van der Waals surface area contributed by atoms with Crippen LogP contribution in [0.2, 0.25) is 0 Å². The van der Waals surface area contributed by atoms with Crippen molar-refractivity contribution in [1.29, 1.82) is 0 Å². The summed E-state index contributed by atoms with van der Waals surface area (Å²) in [6.45, 7) is 5.27. The SMILES string of the molecule is CC(C)C=CO[C]=O. The van der Waals surface area contributed by atoms with E-state index in [1.54, 1.807) is 6.08 Å². The van der Waals surface area contributed by atoms with E-state index in [1.165, 1.54) is 12.7 Å². The lowest BCUT2D eigenvalue weighted by Gasteiger charge is -1.89. The molecule has 0 N–H and O–H groups in total. The molecule has 2 nitrogen and oxygen atoms in total. The van der Waals surface area contributed by atoms with Gasteiger partial charge in [-0.05, 0) is 12.0 Å². The summed E-state index contributed by atoms with van der Waals surface area (Å²) in [5, 5.41) is 0. The van der Waals surface area contributed by atoms with E-state index in [0.717, 1.165) is 0 Å². The fourth-order valence-corrected chi connectivity index (χ4v) is 0.224. The number of hydrogen-bond donors (Lipinski definition) is 0. The van der Waals surface area contributed by atoms with Gasteiger partial charge in [0.1, 0.15) is 0 Å². The fourth-order valence-electron chi connectivity index (χ4n) is 0.224. The third-order valence-corrected chi connectivity index (χ3v) is 0.580.